The molecule has 0 radical (unpaired) electrons. The first-order chi connectivity index (χ1) is 6.27. The Hall–Kier alpha value is -1.10. The minimum absolute atomic E-state index is 0.182. The summed E-state index contributed by atoms with van der Waals surface area (Å²) in [5.41, 5.74) is 0. The summed E-state index contributed by atoms with van der Waals surface area (Å²) < 4.78 is 0. The summed E-state index contributed by atoms with van der Waals surface area (Å²) in [6.07, 6.45) is 2.08. The number of hydrogen-bond acceptors (Lipinski definition) is 3. The number of carbonyl (C=O) groups excluding carboxylic acids is 2. The molecule has 2 fully saturated rings. The van der Waals surface area contributed by atoms with Crippen molar-refractivity contribution >= 4 is 11.9 Å². The van der Waals surface area contributed by atoms with Gasteiger partial charge in [-0.3, -0.25) is 10.1 Å². The van der Waals surface area contributed by atoms with Gasteiger partial charge in [0.2, 0.25) is 0 Å². The first-order valence-electron chi connectivity index (χ1n) is 4.59. The molecule has 2 saturated heterocycles. The monoisotopic (exact) mass is 183 g/mol. The van der Waals surface area contributed by atoms with Gasteiger partial charge in [0.15, 0.2) is 0 Å². The lowest BCUT2D eigenvalue weighted by Gasteiger charge is -2.25. The fourth-order valence-corrected chi connectivity index (χ4v) is 1.93. The van der Waals surface area contributed by atoms with E-state index in [4.69, 9.17) is 0 Å². The Kier molecular flexibility index (Phi) is 2.18. The Morgan fingerprint density at radius 3 is 2.69 bits per heavy atom. The highest BCUT2D eigenvalue weighted by molar-refractivity contribution is 6.04. The van der Waals surface area contributed by atoms with Gasteiger partial charge in [0.05, 0.1) is 0 Å². The van der Waals surface area contributed by atoms with Crippen molar-refractivity contribution in [3.63, 3.8) is 0 Å². The molecule has 13 heavy (non-hydrogen) atoms. The van der Waals surface area contributed by atoms with Gasteiger partial charge in [-0.25, -0.2) is 4.79 Å². The van der Waals surface area contributed by atoms with Gasteiger partial charge in [0.1, 0.15) is 6.04 Å². The number of rotatable bonds is 1. The predicted molar refractivity (Wildman–Crippen MR) is 46.1 cm³/mol. The zero-order chi connectivity index (χ0) is 9.26. The molecule has 2 aliphatic rings. The van der Waals surface area contributed by atoms with Crippen LogP contribution in [0.4, 0.5) is 4.79 Å². The molecular formula is C8H13N3O2. The van der Waals surface area contributed by atoms with Crippen LogP contribution in [0.5, 0.6) is 0 Å². The summed E-state index contributed by atoms with van der Waals surface area (Å²) in [5.74, 6) is 0.0684. The smallest absolute Gasteiger partial charge is 0.322 e. The largest absolute Gasteiger partial charge is 0.326 e. The Morgan fingerprint density at radius 2 is 2.15 bits per heavy atom. The zero-order valence-electron chi connectivity index (χ0n) is 7.30. The van der Waals surface area contributed by atoms with E-state index in [0.717, 1.165) is 25.9 Å². The average molecular weight is 183 g/mol. The van der Waals surface area contributed by atoms with E-state index in [0.29, 0.717) is 0 Å². The van der Waals surface area contributed by atoms with Crippen LogP contribution in [0, 0.1) is 5.92 Å². The normalized spacial score (nSPS) is 34.2. The van der Waals surface area contributed by atoms with Gasteiger partial charge in [-0.1, -0.05) is 0 Å². The van der Waals surface area contributed by atoms with Crippen LogP contribution < -0.4 is 16.0 Å². The lowest BCUT2D eigenvalue weighted by molar-refractivity contribution is -0.121. The third-order valence-electron chi connectivity index (χ3n) is 2.61. The van der Waals surface area contributed by atoms with Crippen LogP contribution in [0.3, 0.4) is 0 Å². The molecule has 2 atom stereocenters. The van der Waals surface area contributed by atoms with Gasteiger partial charge in [0, 0.05) is 12.5 Å². The van der Waals surface area contributed by atoms with Crippen molar-refractivity contribution in [1.82, 2.24) is 16.0 Å². The average Bonchev–Trinajstić information content (AvgIpc) is 2.47. The molecule has 0 saturated carbocycles. The van der Waals surface area contributed by atoms with Crippen molar-refractivity contribution in [3.8, 4) is 0 Å². The van der Waals surface area contributed by atoms with E-state index in [2.05, 4.69) is 16.0 Å². The maximum absolute atomic E-state index is 11.3. The number of hydrogen-bond donors (Lipinski definition) is 3. The van der Waals surface area contributed by atoms with Crippen LogP contribution in [-0.4, -0.2) is 31.1 Å². The van der Waals surface area contributed by atoms with Crippen molar-refractivity contribution in [1.29, 1.82) is 0 Å². The van der Waals surface area contributed by atoms with Gasteiger partial charge in [-0.2, -0.15) is 0 Å². The molecule has 0 bridgehead atoms. The SMILES string of the molecule is O=C1NC(=O)[C@H]([C@@H]2CCCNC2)N1. The molecule has 0 unspecified atom stereocenters. The van der Waals surface area contributed by atoms with Gasteiger partial charge < -0.3 is 10.6 Å². The molecule has 3 N–H and O–H groups in total. The van der Waals surface area contributed by atoms with E-state index in [1.165, 1.54) is 0 Å². The second kappa shape index (κ2) is 3.33. The first kappa shape index (κ1) is 8.50. The van der Waals surface area contributed by atoms with E-state index in [1.807, 2.05) is 0 Å². The predicted octanol–water partition coefficient (Wildman–Crippen LogP) is -0.806. The second-order valence-electron chi connectivity index (χ2n) is 3.55. The van der Waals surface area contributed by atoms with Crippen LogP contribution in [0.1, 0.15) is 12.8 Å². The molecule has 2 aliphatic heterocycles. The molecule has 5 heteroatoms. The zero-order valence-corrected chi connectivity index (χ0v) is 7.30. The molecule has 2 rings (SSSR count). The molecule has 72 valence electrons. The van der Waals surface area contributed by atoms with E-state index in [1.54, 1.807) is 0 Å². The molecule has 0 aromatic rings. The summed E-state index contributed by atoms with van der Waals surface area (Å²) >= 11 is 0. The summed E-state index contributed by atoms with van der Waals surface area (Å²) in [6.45, 7) is 1.83. The number of piperidine rings is 1. The lowest BCUT2D eigenvalue weighted by atomic mass is 9.92. The Bertz CT molecular complexity index is 236. The number of amides is 3. The highest BCUT2D eigenvalue weighted by Gasteiger charge is 2.36. The van der Waals surface area contributed by atoms with E-state index >= 15 is 0 Å². The van der Waals surface area contributed by atoms with Crippen molar-refractivity contribution in [2.45, 2.75) is 18.9 Å². The van der Waals surface area contributed by atoms with E-state index < -0.39 is 0 Å². The molecule has 3 amide bonds. The van der Waals surface area contributed by atoms with Crippen LogP contribution in [0.15, 0.2) is 0 Å². The Morgan fingerprint density at radius 1 is 1.31 bits per heavy atom. The Balaban J connectivity index is 1.99. The molecule has 2 heterocycles. The van der Waals surface area contributed by atoms with Crippen molar-refractivity contribution in [3.05, 3.63) is 0 Å². The number of carbonyl (C=O) groups is 2. The fourth-order valence-electron chi connectivity index (χ4n) is 1.93. The maximum atomic E-state index is 11.3. The fraction of sp³-hybridized carbons (Fsp3) is 0.750. The Labute approximate surface area is 76.3 Å². The molecule has 0 aromatic heterocycles. The highest BCUT2D eigenvalue weighted by Crippen LogP contribution is 2.16. The van der Waals surface area contributed by atoms with Crippen molar-refractivity contribution in [2.24, 2.45) is 5.92 Å². The van der Waals surface area contributed by atoms with Gasteiger partial charge >= 0.3 is 6.03 Å². The summed E-state index contributed by atoms with van der Waals surface area (Å²) in [7, 11) is 0. The van der Waals surface area contributed by atoms with Crippen LogP contribution in [0.2, 0.25) is 0 Å². The van der Waals surface area contributed by atoms with E-state index in [9.17, 15) is 9.59 Å². The third-order valence-corrected chi connectivity index (χ3v) is 2.61. The summed E-state index contributed by atoms with van der Waals surface area (Å²) in [5, 5.41) is 8.10. The first-order valence-corrected chi connectivity index (χ1v) is 4.59. The van der Waals surface area contributed by atoms with Crippen molar-refractivity contribution < 1.29 is 9.59 Å². The molecule has 0 spiro atoms. The maximum Gasteiger partial charge on any atom is 0.322 e. The van der Waals surface area contributed by atoms with Crippen LogP contribution in [-0.2, 0) is 4.79 Å². The van der Waals surface area contributed by atoms with Gasteiger partial charge in [0.25, 0.3) is 5.91 Å². The van der Waals surface area contributed by atoms with Crippen LogP contribution >= 0.6 is 0 Å². The topological polar surface area (TPSA) is 70.2 Å². The van der Waals surface area contributed by atoms with Crippen molar-refractivity contribution in [2.75, 3.05) is 13.1 Å². The number of nitrogens with one attached hydrogen (secondary N) is 3. The third kappa shape index (κ3) is 1.65. The lowest BCUT2D eigenvalue weighted by Crippen LogP contribution is -2.44. The quantitative estimate of drug-likeness (QED) is 0.466. The standard InChI is InChI=1S/C8H13N3O2/c12-7-6(10-8(13)11-7)5-2-1-3-9-4-5/h5-6,9H,1-4H2,(H2,10,11,12,13)/t5-,6+/m1/s1. The number of urea groups is 1. The van der Waals surface area contributed by atoms with E-state index in [-0.39, 0.29) is 23.9 Å². The molecular weight excluding hydrogens is 170 g/mol. The van der Waals surface area contributed by atoms with Gasteiger partial charge in [-0.05, 0) is 19.4 Å². The summed E-state index contributed by atoms with van der Waals surface area (Å²) in [6, 6.07) is -0.680. The molecule has 0 aliphatic carbocycles. The highest BCUT2D eigenvalue weighted by atomic mass is 16.2. The van der Waals surface area contributed by atoms with Gasteiger partial charge in [-0.15, -0.1) is 0 Å². The second-order valence-corrected chi connectivity index (χ2v) is 3.55. The number of imide groups is 1. The minimum Gasteiger partial charge on any atom is -0.326 e. The molecule has 5 nitrogen and oxygen atoms in total. The molecule has 0 aromatic carbocycles. The minimum atomic E-state index is -0.361. The van der Waals surface area contributed by atoms with Crippen LogP contribution in [0.25, 0.3) is 0 Å². The summed E-state index contributed by atoms with van der Waals surface area (Å²) in [4.78, 5) is 22.1.